The van der Waals surface area contributed by atoms with Crippen LogP contribution in [-0.4, -0.2) is 16.1 Å². The van der Waals surface area contributed by atoms with E-state index < -0.39 is 0 Å². The smallest absolute Gasteiger partial charge is 0.268 e. The second-order valence-electron chi connectivity index (χ2n) is 4.84. The highest BCUT2D eigenvalue weighted by Gasteiger charge is 2.16. The van der Waals surface area contributed by atoms with Crippen LogP contribution in [0.5, 0.6) is 0 Å². The molecule has 22 heavy (non-hydrogen) atoms. The summed E-state index contributed by atoms with van der Waals surface area (Å²) >= 11 is 2.85. The lowest BCUT2D eigenvalue weighted by Crippen LogP contribution is -2.11. The van der Waals surface area contributed by atoms with Crippen molar-refractivity contribution < 1.29 is 4.79 Å². The molecule has 112 valence electrons. The van der Waals surface area contributed by atoms with E-state index in [0.717, 1.165) is 22.6 Å². The van der Waals surface area contributed by atoms with Gasteiger partial charge in [0.05, 0.1) is 0 Å². The van der Waals surface area contributed by atoms with Crippen molar-refractivity contribution in [2.75, 3.05) is 5.32 Å². The van der Waals surface area contributed by atoms with E-state index in [2.05, 4.69) is 15.5 Å². The summed E-state index contributed by atoms with van der Waals surface area (Å²) in [7, 11) is 0. The Bertz CT molecular complexity index is 790. The number of carbonyl (C=O) groups excluding carboxylic acids is 1. The van der Waals surface area contributed by atoms with E-state index in [-0.39, 0.29) is 5.91 Å². The summed E-state index contributed by atoms with van der Waals surface area (Å²) in [6.45, 7) is 4.06. The Kier molecular flexibility index (Phi) is 4.31. The average molecular weight is 329 g/mol. The molecule has 0 fully saturated rings. The van der Waals surface area contributed by atoms with Gasteiger partial charge in [0, 0.05) is 5.56 Å². The number of amides is 1. The van der Waals surface area contributed by atoms with Crippen molar-refractivity contribution in [2.24, 2.45) is 0 Å². The van der Waals surface area contributed by atoms with Gasteiger partial charge in [-0.05, 0) is 30.4 Å². The monoisotopic (exact) mass is 329 g/mol. The molecular formula is C16H15N3OS2. The van der Waals surface area contributed by atoms with E-state index in [0.29, 0.717) is 10.0 Å². The normalized spacial score (nSPS) is 10.6. The van der Waals surface area contributed by atoms with Gasteiger partial charge in [0.1, 0.15) is 9.88 Å². The van der Waals surface area contributed by atoms with Gasteiger partial charge in [0.25, 0.3) is 5.91 Å². The molecule has 3 aromatic rings. The van der Waals surface area contributed by atoms with Gasteiger partial charge >= 0.3 is 0 Å². The second-order valence-corrected chi connectivity index (χ2v) is 6.82. The Morgan fingerprint density at radius 2 is 1.95 bits per heavy atom. The molecule has 3 rings (SSSR count). The molecule has 1 amide bonds. The minimum Gasteiger partial charge on any atom is -0.296 e. The minimum absolute atomic E-state index is 0.135. The van der Waals surface area contributed by atoms with E-state index in [1.165, 1.54) is 28.2 Å². The lowest BCUT2D eigenvalue weighted by atomic mass is 10.0. The first-order chi connectivity index (χ1) is 10.7. The van der Waals surface area contributed by atoms with E-state index in [1.54, 1.807) is 0 Å². The number of nitrogens with one attached hydrogen (secondary N) is 1. The van der Waals surface area contributed by atoms with Crippen LogP contribution in [0.4, 0.5) is 5.13 Å². The Balaban J connectivity index is 1.84. The molecule has 0 spiro atoms. The van der Waals surface area contributed by atoms with Crippen LogP contribution in [0.2, 0.25) is 0 Å². The number of aromatic nitrogens is 2. The van der Waals surface area contributed by atoms with Gasteiger partial charge in [-0.2, -0.15) is 0 Å². The zero-order chi connectivity index (χ0) is 15.5. The van der Waals surface area contributed by atoms with Crippen LogP contribution in [0, 0.1) is 6.92 Å². The number of hydrogen-bond donors (Lipinski definition) is 1. The van der Waals surface area contributed by atoms with Crippen molar-refractivity contribution >= 4 is 33.7 Å². The molecule has 0 saturated carbocycles. The molecule has 0 saturated heterocycles. The van der Waals surface area contributed by atoms with Gasteiger partial charge in [-0.15, -0.1) is 21.5 Å². The lowest BCUT2D eigenvalue weighted by molar-refractivity contribution is 0.103. The number of benzene rings is 1. The molecule has 0 aliphatic heterocycles. The van der Waals surface area contributed by atoms with Gasteiger partial charge in [-0.25, -0.2) is 0 Å². The SMILES string of the molecule is CCc1nnc(NC(=O)c2sccc2-c2ccc(C)cc2)s1. The number of hydrogen-bond acceptors (Lipinski definition) is 5. The molecule has 1 aromatic carbocycles. The fraction of sp³-hybridized carbons (Fsp3) is 0.188. The Morgan fingerprint density at radius 1 is 1.18 bits per heavy atom. The van der Waals surface area contributed by atoms with E-state index in [4.69, 9.17) is 0 Å². The minimum atomic E-state index is -0.135. The summed E-state index contributed by atoms with van der Waals surface area (Å²) < 4.78 is 0. The molecule has 0 aliphatic rings. The van der Waals surface area contributed by atoms with E-state index in [9.17, 15) is 4.79 Å². The van der Waals surface area contributed by atoms with Crippen molar-refractivity contribution in [3.8, 4) is 11.1 Å². The van der Waals surface area contributed by atoms with Gasteiger partial charge in [0.15, 0.2) is 0 Å². The topological polar surface area (TPSA) is 54.9 Å². The average Bonchev–Trinajstić information content (AvgIpc) is 3.16. The first-order valence-corrected chi connectivity index (χ1v) is 8.65. The van der Waals surface area contributed by atoms with Crippen LogP contribution in [0.1, 0.15) is 27.2 Å². The molecule has 2 heterocycles. The van der Waals surface area contributed by atoms with E-state index in [1.807, 2.05) is 49.6 Å². The highest BCUT2D eigenvalue weighted by molar-refractivity contribution is 7.15. The molecule has 6 heteroatoms. The summed E-state index contributed by atoms with van der Waals surface area (Å²) in [5.74, 6) is -0.135. The largest absolute Gasteiger partial charge is 0.296 e. The number of anilines is 1. The van der Waals surface area contributed by atoms with Crippen LogP contribution in [0.15, 0.2) is 35.7 Å². The number of rotatable bonds is 4. The maximum absolute atomic E-state index is 12.5. The molecule has 0 atom stereocenters. The van der Waals surface area contributed by atoms with Crippen molar-refractivity contribution in [1.82, 2.24) is 10.2 Å². The highest BCUT2D eigenvalue weighted by Crippen LogP contribution is 2.29. The number of nitrogens with zero attached hydrogens (tertiary/aromatic N) is 2. The Hall–Kier alpha value is -2.05. The maximum atomic E-state index is 12.5. The quantitative estimate of drug-likeness (QED) is 0.772. The zero-order valence-electron chi connectivity index (χ0n) is 12.3. The van der Waals surface area contributed by atoms with Gasteiger partial charge < -0.3 is 0 Å². The predicted octanol–water partition coefficient (Wildman–Crippen LogP) is 4.39. The summed E-state index contributed by atoms with van der Waals surface area (Å²) in [6, 6.07) is 10.1. The maximum Gasteiger partial charge on any atom is 0.268 e. The summed E-state index contributed by atoms with van der Waals surface area (Å²) in [6.07, 6.45) is 0.821. The van der Waals surface area contributed by atoms with Crippen LogP contribution in [0.25, 0.3) is 11.1 Å². The van der Waals surface area contributed by atoms with Gasteiger partial charge in [0.2, 0.25) is 5.13 Å². The molecule has 0 aliphatic carbocycles. The zero-order valence-corrected chi connectivity index (χ0v) is 13.9. The van der Waals surface area contributed by atoms with E-state index >= 15 is 0 Å². The molecular weight excluding hydrogens is 314 g/mol. The molecule has 0 unspecified atom stereocenters. The molecule has 1 N–H and O–H groups in total. The Labute approximate surface area is 136 Å². The summed E-state index contributed by atoms with van der Waals surface area (Å²) in [5, 5.41) is 14.2. The van der Waals surface area contributed by atoms with Crippen molar-refractivity contribution in [3.05, 3.63) is 51.2 Å². The number of thiophene rings is 1. The third kappa shape index (κ3) is 3.08. The van der Waals surface area contributed by atoms with Crippen molar-refractivity contribution in [1.29, 1.82) is 0 Å². The first-order valence-electron chi connectivity index (χ1n) is 6.95. The lowest BCUT2D eigenvalue weighted by Gasteiger charge is -2.04. The molecule has 0 radical (unpaired) electrons. The van der Waals surface area contributed by atoms with Crippen LogP contribution >= 0.6 is 22.7 Å². The predicted molar refractivity (Wildman–Crippen MR) is 91.7 cm³/mol. The third-order valence-corrected chi connectivity index (χ3v) is 5.12. The summed E-state index contributed by atoms with van der Waals surface area (Å²) in [5.41, 5.74) is 3.19. The van der Waals surface area contributed by atoms with Crippen LogP contribution in [-0.2, 0) is 6.42 Å². The fourth-order valence-corrected chi connectivity index (χ4v) is 3.53. The molecule has 2 aromatic heterocycles. The second kappa shape index (κ2) is 6.37. The fourth-order valence-electron chi connectivity index (χ4n) is 2.05. The Morgan fingerprint density at radius 3 is 2.64 bits per heavy atom. The summed E-state index contributed by atoms with van der Waals surface area (Å²) in [4.78, 5) is 13.2. The van der Waals surface area contributed by atoms with Crippen molar-refractivity contribution in [2.45, 2.75) is 20.3 Å². The highest BCUT2D eigenvalue weighted by atomic mass is 32.1. The van der Waals surface area contributed by atoms with Crippen molar-refractivity contribution in [3.63, 3.8) is 0 Å². The number of carbonyl (C=O) groups is 1. The van der Waals surface area contributed by atoms with Crippen LogP contribution in [0.3, 0.4) is 0 Å². The van der Waals surface area contributed by atoms with Gasteiger partial charge in [-0.1, -0.05) is 48.1 Å². The number of aryl methyl sites for hydroxylation is 2. The van der Waals surface area contributed by atoms with Gasteiger partial charge in [-0.3, -0.25) is 10.1 Å². The first kappa shape index (κ1) is 14.9. The molecule has 0 bridgehead atoms. The van der Waals surface area contributed by atoms with Crippen LogP contribution < -0.4 is 5.32 Å². The molecule has 4 nitrogen and oxygen atoms in total. The standard InChI is InChI=1S/C16H15N3OS2/c1-3-13-18-19-16(22-13)17-15(20)14-12(8-9-21-14)11-6-4-10(2)5-7-11/h4-9H,3H2,1-2H3,(H,17,19,20). The third-order valence-electron chi connectivity index (χ3n) is 3.22.